The number of nitrogens with zero attached hydrogens (tertiary/aromatic N) is 5. The van der Waals surface area contributed by atoms with Crippen LogP contribution in [0.2, 0.25) is 0 Å². The quantitative estimate of drug-likeness (QED) is 0.769. The molecule has 1 aliphatic rings. The highest BCUT2D eigenvalue weighted by Crippen LogP contribution is 2.18. The van der Waals surface area contributed by atoms with E-state index in [0.29, 0.717) is 43.4 Å². The lowest BCUT2D eigenvalue weighted by molar-refractivity contribution is 0.0240. The van der Waals surface area contributed by atoms with Gasteiger partial charge in [-0.1, -0.05) is 0 Å². The summed E-state index contributed by atoms with van der Waals surface area (Å²) >= 11 is 0. The summed E-state index contributed by atoms with van der Waals surface area (Å²) in [7, 11) is 1.57. The fourth-order valence-corrected chi connectivity index (χ4v) is 3.01. The van der Waals surface area contributed by atoms with E-state index in [9.17, 15) is 9.59 Å². The second-order valence-corrected chi connectivity index (χ2v) is 8.07. The molecule has 2 aromatic rings. The minimum Gasteiger partial charge on any atom is -0.486 e. The molecule has 10 heteroatoms. The Hall–Kier alpha value is -3.43. The maximum absolute atomic E-state index is 12.2. The number of anilines is 1. The number of carbonyl (C=O) groups is 2. The average molecular weight is 428 g/mol. The zero-order valence-electron chi connectivity index (χ0n) is 18.3. The molecule has 1 N–H and O–H groups in total. The Bertz CT molecular complexity index is 905. The molecule has 166 valence electrons. The molecule has 2 aromatic heterocycles. The fourth-order valence-electron chi connectivity index (χ4n) is 3.01. The van der Waals surface area contributed by atoms with Crippen LogP contribution in [0.5, 0.6) is 5.75 Å². The molecule has 0 radical (unpaired) electrons. The highest BCUT2D eigenvalue weighted by Gasteiger charge is 2.26. The van der Waals surface area contributed by atoms with Crippen molar-refractivity contribution in [2.24, 2.45) is 0 Å². The first-order chi connectivity index (χ1) is 14.8. The van der Waals surface area contributed by atoms with E-state index >= 15 is 0 Å². The van der Waals surface area contributed by atoms with Crippen LogP contribution < -0.4 is 15.0 Å². The van der Waals surface area contributed by atoms with E-state index in [-0.39, 0.29) is 18.6 Å². The number of carbonyl (C=O) groups excluding carboxylic acids is 2. The van der Waals surface area contributed by atoms with Crippen molar-refractivity contribution in [2.75, 3.05) is 38.1 Å². The predicted octanol–water partition coefficient (Wildman–Crippen LogP) is 1.87. The van der Waals surface area contributed by atoms with Gasteiger partial charge in [0, 0.05) is 51.2 Å². The molecule has 31 heavy (non-hydrogen) atoms. The third-order valence-corrected chi connectivity index (χ3v) is 4.61. The normalized spacial score (nSPS) is 14.2. The van der Waals surface area contributed by atoms with Crippen LogP contribution in [0.4, 0.5) is 10.7 Å². The molecule has 1 saturated heterocycles. The lowest BCUT2D eigenvalue weighted by Gasteiger charge is -2.35. The molecular formula is C21H28N6O4. The van der Waals surface area contributed by atoms with Gasteiger partial charge in [-0.3, -0.25) is 9.78 Å². The van der Waals surface area contributed by atoms with E-state index in [0.717, 1.165) is 5.56 Å². The molecule has 10 nitrogen and oxygen atoms in total. The Morgan fingerprint density at radius 1 is 1.10 bits per heavy atom. The molecule has 3 rings (SSSR count). The molecule has 0 bridgehead atoms. The number of hydrogen-bond acceptors (Lipinski definition) is 8. The Morgan fingerprint density at radius 3 is 2.39 bits per heavy atom. The Labute approximate surface area is 181 Å². The SMILES string of the molecule is CNC(=O)c1cnccc1COc1cnc(N2CCN(C(=O)OC(C)(C)C)CC2)nc1. The van der Waals surface area contributed by atoms with Crippen LogP contribution in [0, 0.1) is 0 Å². The number of pyridine rings is 1. The lowest BCUT2D eigenvalue weighted by Crippen LogP contribution is -2.50. The van der Waals surface area contributed by atoms with Crippen LogP contribution in [0.1, 0.15) is 36.7 Å². The molecule has 1 fully saturated rings. The van der Waals surface area contributed by atoms with Gasteiger partial charge >= 0.3 is 6.09 Å². The summed E-state index contributed by atoms with van der Waals surface area (Å²) in [5.41, 5.74) is 0.673. The van der Waals surface area contributed by atoms with E-state index in [1.807, 2.05) is 25.7 Å². The van der Waals surface area contributed by atoms with Crippen LogP contribution in [0.25, 0.3) is 0 Å². The van der Waals surface area contributed by atoms with Crippen LogP contribution in [0.3, 0.4) is 0 Å². The molecule has 0 aliphatic carbocycles. The fraction of sp³-hybridized carbons (Fsp3) is 0.476. The van der Waals surface area contributed by atoms with E-state index < -0.39 is 5.60 Å². The van der Waals surface area contributed by atoms with Crippen molar-refractivity contribution in [3.8, 4) is 5.75 Å². The van der Waals surface area contributed by atoms with Crippen molar-refractivity contribution in [1.29, 1.82) is 0 Å². The zero-order valence-corrected chi connectivity index (χ0v) is 18.3. The number of ether oxygens (including phenoxy) is 2. The van der Waals surface area contributed by atoms with Crippen LogP contribution in [-0.4, -0.2) is 70.7 Å². The van der Waals surface area contributed by atoms with Crippen molar-refractivity contribution in [2.45, 2.75) is 33.0 Å². The topological polar surface area (TPSA) is 110 Å². The van der Waals surface area contributed by atoms with E-state index in [1.165, 1.54) is 6.20 Å². The third kappa shape index (κ3) is 6.03. The summed E-state index contributed by atoms with van der Waals surface area (Å²) < 4.78 is 11.2. The van der Waals surface area contributed by atoms with Gasteiger partial charge in [0.05, 0.1) is 18.0 Å². The van der Waals surface area contributed by atoms with Crippen molar-refractivity contribution in [3.63, 3.8) is 0 Å². The van der Waals surface area contributed by atoms with Crippen LogP contribution in [0.15, 0.2) is 30.9 Å². The van der Waals surface area contributed by atoms with Crippen molar-refractivity contribution in [1.82, 2.24) is 25.2 Å². The first-order valence-electron chi connectivity index (χ1n) is 10.1. The van der Waals surface area contributed by atoms with Gasteiger partial charge < -0.3 is 24.6 Å². The molecule has 0 unspecified atom stereocenters. The van der Waals surface area contributed by atoms with Gasteiger partial charge in [0.2, 0.25) is 5.95 Å². The highest BCUT2D eigenvalue weighted by atomic mass is 16.6. The molecule has 0 saturated carbocycles. The monoisotopic (exact) mass is 428 g/mol. The largest absolute Gasteiger partial charge is 0.486 e. The van der Waals surface area contributed by atoms with Gasteiger partial charge in [0.1, 0.15) is 12.2 Å². The molecule has 0 aromatic carbocycles. The summed E-state index contributed by atoms with van der Waals surface area (Å²) in [6, 6.07) is 1.74. The zero-order chi connectivity index (χ0) is 22.4. The minimum atomic E-state index is -0.509. The Morgan fingerprint density at radius 2 is 1.77 bits per heavy atom. The predicted molar refractivity (Wildman–Crippen MR) is 114 cm³/mol. The smallest absolute Gasteiger partial charge is 0.410 e. The first kappa shape index (κ1) is 22.3. The molecule has 3 heterocycles. The lowest BCUT2D eigenvalue weighted by atomic mass is 10.1. The summed E-state index contributed by atoms with van der Waals surface area (Å²) in [5, 5.41) is 2.59. The first-order valence-corrected chi connectivity index (χ1v) is 10.1. The number of nitrogens with one attached hydrogen (secondary N) is 1. The number of aromatic nitrogens is 3. The minimum absolute atomic E-state index is 0.197. The van der Waals surface area contributed by atoms with Crippen LogP contribution >= 0.6 is 0 Å². The van der Waals surface area contributed by atoms with Crippen LogP contribution in [-0.2, 0) is 11.3 Å². The molecule has 0 spiro atoms. The van der Waals surface area contributed by atoms with Gasteiger partial charge in [-0.2, -0.15) is 0 Å². The van der Waals surface area contributed by atoms with Gasteiger partial charge in [0.25, 0.3) is 5.91 Å². The maximum atomic E-state index is 12.2. The second-order valence-electron chi connectivity index (χ2n) is 8.07. The summed E-state index contributed by atoms with van der Waals surface area (Å²) in [5.74, 6) is 0.853. The Balaban J connectivity index is 1.54. The second kappa shape index (κ2) is 9.59. The highest BCUT2D eigenvalue weighted by molar-refractivity contribution is 5.95. The van der Waals surface area contributed by atoms with Gasteiger partial charge in [-0.25, -0.2) is 14.8 Å². The number of amides is 2. The summed E-state index contributed by atoms with van der Waals surface area (Å²) in [6.45, 7) is 8.08. The third-order valence-electron chi connectivity index (χ3n) is 4.61. The van der Waals surface area contributed by atoms with Gasteiger partial charge in [0.15, 0.2) is 5.75 Å². The Kier molecular flexibility index (Phi) is 6.88. The standard InChI is InChI=1S/C21H28N6O4/c1-21(2,3)31-20(29)27-9-7-26(8-10-27)19-24-11-16(12-25-19)30-14-15-5-6-23-13-17(15)18(28)22-4/h5-6,11-13H,7-10,14H2,1-4H3,(H,22,28). The van der Waals surface area contributed by atoms with E-state index in [2.05, 4.69) is 20.3 Å². The van der Waals surface area contributed by atoms with Gasteiger partial charge in [-0.15, -0.1) is 0 Å². The van der Waals surface area contributed by atoms with Gasteiger partial charge in [-0.05, 0) is 26.8 Å². The van der Waals surface area contributed by atoms with Crippen molar-refractivity contribution >= 4 is 17.9 Å². The van der Waals surface area contributed by atoms with Crippen molar-refractivity contribution < 1.29 is 19.1 Å². The van der Waals surface area contributed by atoms with E-state index in [1.54, 1.807) is 36.6 Å². The van der Waals surface area contributed by atoms with E-state index in [4.69, 9.17) is 9.47 Å². The molecule has 0 atom stereocenters. The molecule has 1 aliphatic heterocycles. The maximum Gasteiger partial charge on any atom is 0.410 e. The summed E-state index contributed by atoms with van der Waals surface area (Å²) in [6.07, 6.45) is 6.02. The average Bonchev–Trinajstić information content (AvgIpc) is 2.76. The van der Waals surface area contributed by atoms with Crippen molar-refractivity contribution in [3.05, 3.63) is 42.0 Å². The number of hydrogen-bond donors (Lipinski definition) is 1. The molecule has 2 amide bonds. The number of rotatable bonds is 5. The summed E-state index contributed by atoms with van der Waals surface area (Å²) in [4.78, 5) is 40.6. The molecular weight excluding hydrogens is 400 g/mol. The number of piperazine rings is 1.